The molecule has 1 saturated heterocycles. The quantitative estimate of drug-likeness (QED) is 0.632. The highest BCUT2D eigenvalue weighted by atomic mass is 16.1. The molecule has 0 spiro atoms. The predicted molar refractivity (Wildman–Crippen MR) is 123 cm³/mol. The lowest BCUT2D eigenvalue weighted by Crippen LogP contribution is -2.22. The summed E-state index contributed by atoms with van der Waals surface area (Å²) in [6.07, 6.45) is 5.20. The Hall–Kier alpha value is -3.49. The predicted octanol–water partition coefficient (Wildman–Crippen LogP) is 5.04. The Kier molecular flexibility index (Phi) is 6.40. The smallest absolute Gasteiger partial charge is 0.256 e. The Labute approximate surface area is 183 Å². The molecule has 1 aromatic heterocycles. The first-order valence-corrected chi connectivity index (χ1v) is 10.7. The number of carbonyl (C=O) groups excluding carboxylic acids is 1. The van der Waals surface area contributed by atoms with Gasteiger partial charge in [-0.15, -0.1) is 0 Å². The number of nitrogens with one attached hydrogen (secondary N) is 2. The summed E-state index contributed by atoms with van der Waals surface area (Å²) < 4.78 is 0. The molecule has 1 amide bonds. The molecule has 31 heavy (non-hydrogen) atoms. The number of anilines is 1. The molecule has 2 heterocycles. The SMILES string of the molecule is Cc1c(C(=O)Nc2cccnc2C2CCCCNC2)cccc1-c1ccc(C#N)cc1. The first-order chi connectivity index (χ1) is 15.2. The van der Waals surface area contributed by atoms with Crippen molar-refractivity contribution in [2.75, 3.05) is 18.4 Å². The summed E-state index contributed by atoms with van der Waals surface area (Å²) in [7, 11) is 0. The van der Waals surface area contributed by atoms with Gasteiger partial charge < -0.3 is 10.6 Å². The van der Waals surface area contributed by atoms with Gasteiger partial charge in [0.2, 0.25) is 0 Å². The molecule has 2 N–H and O–H groups in total. The monoisotopic (exact) mass is 410 g/mol. The molecule has 1 aliphatic heterocycles. The zero-order chi connectivity index (χ0) is 21.6. The minimum absolute atomic E-state index is 0.135. The summed E-state index contributed by atoms with van der Waals surface area (Å²) in [5, 5.41) is 15.6. The second-order valence-electron chi connectivity index (χ2n) is 7.95. The molecule has 156 valence electrons. The third kappa shape index (κ3) is 4.65. The van der Waals surface area contributed by atoms with Crippen LogP contribution in [0.2, 0.25) is 0 Å². The minimum atomic E-state index is -0.135. The minimum Gasteiger partial charge on any atom is -0.320 e. The number of nitrogens with zero attached hydrogens (tertiary/aromatic N) is 2. The highest BCUT2D eigenvalue weighted by Gasteiger charge is 2.21. The fourth-order valence-electron chi connectivity index (χ4n) is 4.21. The summed E-state index contributed by atoms with van der Waals surface area (Å²) in [4.78, 5) is 17.8. The van der Waals surface area contributed by atoms with Crippen LogP contribution in [0.1, 0.15) is 52.4 Å². The second kappa shape index (κ2) is 9.55. The highest BCUT2D eigenvalue weighted by molar-refractivity contribution is 6.06. The standard InChI is InChI=1S/C26H26N4O/c1-18-22(20-12-10-19(16-27)11-13-20)7-4-8-23(18)26(31)30-24-9-5-15-29-25(24)21-6-2-3-14-28-17-21/h4-5,7-13,15,21,28H,2-3,6,14,17H2,1H3,(H,30,31). The number of nitriles is 1. The van der Waals surface area contributed by atoms with E-state index < -0.39 is 0 Å². The van der Waals surface area contributed by atoms with Gasteiger partial charge in [-0.05, 0) is 73.3 Å². The molecule has 0 aliphatic carbocycles. The molecule has 1 fully saturated rings. The Bertz CT molecular complexity index is 1110. The van der Waals surface area contributed by atoms with Crippen LogP contribution in [0.3, 0.4) is 0 Å². The Morgan fingerprint density at radius 3 is 2.77 bits per heavy atom. The van der Waals surface area contributed by atoms with Crippen LogP contribution in [0.15, 0.2) is 60.8 Å². The lowest BCUT2D eigenvalue weighted by Gasteiger charge is -2.18. The van der Waals surface area contributed by atoms with Gasteiger partial charge in [-0.3, -0.25) is 9.78 Å². The van der Waals surface area contributed by atoms with Crippen LogP contribution < -0.4 is 10.6 Å². The van der Waals surface area contributed by atoms with E-state index in [9.17, 15) is 4.79 Å². The third-order valence-corrected chi connectivity index (χ3v) is 5.92. The van der Waals surface area contributed by atoms with E-state index in [2.05, 4.69) is 21.7 Å². The van der Waals surface area contributed by atoms with E-state index in [0.717, 1.165) is 54.0 Å². The van der Waals surface area contributed by atoms with Gasteiger partial charge in [0, 0.05) is 24.2 Å². The number of amides is 1. The van der Waals surface area contributed by atoms with E-state index >= 15 is 0 Å². The maximum atomic E-state index is 13.2. The number of rotatable bonds is 4. The number of aromatic nitrogens is 1. The lowest BCUT2D eigenvalue weighted by atomic mass is 9.95. The van der Waals surface area contributed by atoms with Crippen molar-refractivity contribution in [2.45, 2.75) is 32.1 Å². The van der Waals surface area contributed by atoms with E-state index in [0.29, 0.717) is 17.0 Å². The second-order valence-corrected chi connectivity index (χ2v) is 7.95. The molecule has 1 unspecified atom stereocenters. The number of carbonyl (C=O) groups is 1. The molecular weight excluding hydrogens is 384 g/mol. The van der Waals surface area contributed by atoms with Crippen molar-refractivity contribution >= 4 is 11.6 Å². The summed E-state index contributed by atoms with van der Waals surface area (Å²) in [6, 6.07) is 19.1. The van der Waals surface area contributed by atoms with Crippen LogP contribution in [-0.2, 0) is 0 Å². The van der Waals surface area contributed by atoms with Crippen molar-refractivity contribution in [3.63, 3.8) is 0 Å². The van der Waals surface area contributed by atoms with Crippen LogP contribution in [0, 0.1) is 18.3 Å². The topological polar surface area (TPSA) is 77.8 Å². The van der Waals surface area contributed by atoms with Crippen LogP contribution in [-0.4, -0.2) is 24.0 Å². The normalized spacial score (nSPS) is 16.2. The maximum absolute atomic E-state index is 13.2. The third-order valence-electron chi connectivity index (χ3n) is 5.92. The van der Waals surface area contributed by atoms with Crippen molar-refractivity contribution in [2.24, 2.45) is 0 Å². The zero-order valence-electron chi connectivity index (χ0n) is 17.7. The van der Waals surface area contributed by atoms with Crippen LogP contribution >= 0.6 is 0 Å². The molecular formula is C26H26N4O. The summed E-state index contributed by atoms with van der Waals surface area (Å²) in [6.45, 7) is 3.88. The summed E-state index contributed by atoms with van der Waals surface area (Å²) >= 11 is 0. The molecule has 2 aromatic carbocycles. The molecule has 1 aliphatic rings. The van der Waals surface area contributed by atoms with E-state index in [1.54, 1.807) is 18.3 Å². The largest absolute Gasteiger partial charge is 0.320 e. The van der Waals surface area contributed by atoms with Crippen LogP contribution in [0.4, 0.5) is 5.69 Å². The Balaban J connectivity index is 1.60. The van der Waals surface area contributed by atoms with Gasteiger partial charge in [0.25, 0.3) is 5.91 Å². The van der Waals surface area contributed by atoms with Gasteiger partial charge in [0.05, 0.1) is 23.0 Å². The van der Waals surface area contributed by atoms with E-state index in [1.165, 1.54) is 6.42 Å². The average Bonchev–Trinajstić information content (AvgIpc) is 3.09. The van der Waals surface area contributed by atoms with Gasteiger partial charge in [0.1, 0.15) is 0 Å². The van der Waals surface area contributed by atoms with Gasteiger partial charge in [-0.25, -0.2) is 0 Å². The molecule has 1 atom stereocenters. The lowest BCUT2D eigenvalue weighted by molar-refractivity contribution is 0.102. The average molecular weight is 411 g/mol. The van der Waals surface area contributed by atoms with E-state index in [4.69, 9.17) is 5.26 Å². The molecule has 3 aromatic rings. The van der Waals surface area contributed by atoms with Gasteiger partial charge in [-0.2, -0.15) is 5.26 Å². The molecule has 0 bridgehead atoms. The van der Waals surface area contributed by atoms with Crippen molar-refractivity contribution in [1.29, 1.82) is 5.26 Å². The number of hydrogen-bond acceptors (Lipinski definition) is 4. The maximum Gasteiger partial charge on any atom is 0.256 e. The molecule has 0 radical (unpaired) electrons. The van der Waals surface area contributed by atoms with Crippen molar-refractivity contribution in [3.8, 4) is 17.2 Å². The van der Waals surface area contributed by atoms with Crippen molar-refractivity contribution in [1.82, 2.24) is 10.3 Å². The molecule has 4 rings (SSSR count). The van der Waals surface area contributed by atoms with Crippen molar-refractivity contribution < 1.29 is 4.79 Å². The molecule has 5 heteroatoms. The number of pyridine rings is 1. The molecule has 0 saturated carbocycles. The van der Waals surface area contributed by atoms with Gasteiger partial charge in [-0.1, -0.05) is 30.7 Å². The van der Waals surface area contributed by atoms with Gasteiger partial charge >= 0.3 is 0 Å². The zero-order valence-corrected chi connectivity index (χ0v) is 17.7. The summed E-state index contributed by atoms with van der Waals surface area (Å²) in [5.41, 5.74) is 5.86. The number of hydrogen-bond donors (Lipinski definition) is 2. The fourth-order valence-corrected chi connectivity index (χ4v) is 4.21. The Morgan fingerprint density at radius 2 is 1.97 bits per heavy atom. The van der Waals surface area contributed by atoms with Gasteiger partial charge in [0.15, 0.2) is 0 Å². The van der Waals surface area contributed by atoms with E-state index in [1.807, 2.05) is 49.4 Å². The van der Waals surface area contributed by atoms with E-state index in [-0.39, 0.29) is 5.91 Å². The van der Waals surface area contributed by atoms with Crippen LogP contribution in [0.25, 0.3) is 11.1 Å². The Morgan fingerprint density at radius 1 is 1.13 bits per heavy atom. The van der Waals surface area contributed by atoms with Crippen molar-refractivity contribution in [3.05, 3.63) is 83.2 Å². The molecule has 5 nitrogen and oxygen atoms in total. The number of benzene rings is 2. The first kappa shape index (κ1) is 20.8. The van der Waals surface area contributed by atoms with Crippen LogP contribution in [0.5, 0.6) is 0 Å². The highest BCUT2D eigenvalue weighted by Crippen LogP contribution is 2.30. The fraction of sp³-hybridized carbons (Fsp3) is 0.269. The first-order valence-electron chi connectivity index (χ1n) is 10.7. The summed E-state index contributed by atoms with van der Waals surface area (Å²) in [5.74, 6) is 0.161.